The monoisotopic (exact) mass is 253 g/mol. The third-order valence-electron chi connectivity index (χ3n) is 3.17. The van der Waals surface area contributed by atoms with Crippen LogP contribution in [0.5, 0.6) is 0 Å². The summed E-state index contributed by atoms with van der Waals surface area (Å²) in [5, 5.41) is 0. The van der Waals surface area contributed by atoms with Gasteiger partial charge in [-0.2, -0.15) is 0 Å². The molecule has 1 aromatic rings. The van der Waals surface area contributed by atoms with Crippen LogP contribution < -0.4 is 5.73 Å². The maximum Gasteiger partial charge on any atom is 0.141 e. The highest BCUT2D eigenvalue weighted by Gasteiger charge is 2.19. The molecule has 1 saturated heterocycles. The second-order valence-corrected chi connectivity index (χ2v) is 4.65. The first-order valence-electron chi connectivity index (χ1n) is 6.41. The van der Waals surface area contributed by atoms with E-state index in [-0.39, 0.29) is 5.82 Å². The maximum atomic E-state index is 13.0. The lowest BCUT2D eigenvalue weighted by Crippen LogP contribution is -2.37. The molecule has 0 spiro atoms. The van der Waals surface area contributed by atoms with E-state index in [2.05, 4.69) is 9.88 Å². The third kappa shape index (κ3) is 4.01. The predicted octanol–water partition coefficient (Wildman–Crippen LogP) is 1.16. The fourth-order valence-electron chi connectivity index (χ4n) is 2.27. The average Bonchev–Trinajstić information content (AvgIpc) is 2.38. The first-order chi connectivity index (χ1) is 8.78. The van der Waals surface area contributed by atoms with Crippen LogP contribution >= 0.6 is 0 Å². The number of pyridine rings is 1. The van der Waals surface area contributed by atoms with Gasteiger partial charge in [0.1, 0.15) is 5.82 Å². The van der Waals surface area contributed by atoms with Crippen molar-refractivity contribution in [3.8, 4) is 0 Å². The second-order valence-electron chi connectivity index (χ2n) is 4.65. The van der Waals surface area contributed by atoms with Crippen LogP contribution in [0.4, 0.5) is 4.39 Å². The molecule has 2 N–H and O–H groups in total. The first-order valence-corrected chi connectivity index (χ1v) is 6.41. The number of hydrogen-bond acceptors (Lipinski definition) is 4. The minimum absolute atomic E-state index is 0.270. The van der Waals surface area contributed by atoms with Crippen molar-refractivity contribution in [3.63, 3.8) is 0 Å². The Balaban J connectivity index is 1.76. The Bertz CT molecular complexity index is 367. The molecule has 0 radical (unpaired) electrons. The molecule has 1 aliphatic rings. The third-order valence-corrected chi connectivity index (χ3v) is 3.17. The number of nitrogens with two attached hydrogens (primary N) is 1. The normalized spacial score (nSPS) is 18.1. The van der Waals surface area contributed by atoms with E-state index in [1.807, 2.05) is 0 Å². The van der Waals surface area contributed by atoms with Crippen LogP contribution in [0.2, 0.25) is 0 Å². The lowest BCUT2D eigenvalue weighted by Gasteiger charge is -2.31. The van der Waals surface area contributed by atoms with Crippen LogP contribution in [0, 0.1) is 5.82 Å². The van der Waals surface area contributed by atoms with Crippen molar-refractivity contribution in [2.45, 2.75) is 25.5 Å². The number of likely N-dealkylation sites (tertiary alicyclic amines) is 1. The smallest absolute Gasteiger partial charge is 0.141 e. The highest BCUT2D eigenvalue weighted by Crippen LogP contribution is 2.16. The minimum Gasteiger partial charge on any atom is -0.377 e. The highest BCUT2D eigenvalue weighted by atomic mass is 19.1. The molecule has 0 unspecified atom stereocenters. The first kappa shape index (κ1) is 13.4. The molecular weight excluding hydrogens is 233 g/mol. The van der Waals surface area contributed by atoms with Crippen molar-refractivity contribution in [3.05, 3.63) is 29.8 Å². The molecule has 1 aromatic heterocycles. The van der Waals surface area contributed by atoms with E-state index < -0.39 is 0 Å². The summed E-state index contributed by atoms with van der Waals surface area (Å²) in [5.74, 6) is -0.270. The van der Waals surface area contributed by atoms with E-state index in [0.29, 0.717) is 19.3 Å². The number of rotatable bonds is 5. The van der Waals surface area contributed by atoms with Crippen molar-refractivity contribution < 1.29 is 9.13 Å². The van der Waals surface area contributed by atoms with Gasteiger partial charge in [0, 0.05) is 32.4 Å². The Hall–Kier alpha value is -1.04. The van der Waals surface area contributed by atoms with Gasteiger partial charge in [0.05, 0.1) is 18.9 Å². The number of hydrogen-bond donors (Lipinski definition) is 1. The molecule has 2 heterocycles. The van der Waals surface area contributed by atoms with Crippen molar-refractivity contribution in [2.75, 3.05) is 26.2 Å². The summed E-state index contributed by atoms with van der Waals surface area (Å²) in [6, 6.07) is 1.55. The summed E-state index contributed by atoms with van der Waals surface area (Å²) in [6.07, 6.45) is 5.32. The van der Waals surface area contributed by atoms with Crippen LogP contribution in [0.15, 0.2) is 18.5 Å². The largest absolute Gasteiger partial charge is 0.377 e. The molecule has 2 rings (SSSR count). The van der Waals surface area contributed by atoms with Gasteiger partial charge in [0.25, 0.3) is 0 Å². The zero-order valence-electron chi connectivity index (χ0n) is 10.5. The van der Waals surface area contributed by atoms with E-state index in [4.69, 9.17) is 10.5 Å². The summed E-state index contributed by atoms with van der Waals surface area (Å²) in [5.41, 5.74) is 6.34. The molecule has 0 aromatic carbocycles. The SMILES string of the molecule is NCCOC1CCN(Cc2cncc(F)c2)CC1. The molecule has 100 valence electrons. The fourth-order valence-corrected chi connectivity index (χ4v) is 2.27. The predicted molar refractivity (Wildman–Crippen MR) is 67.5 cm³/mol. The van der Waals surface area contributed by atoms with Gasteiger partial charge >= 0.3 is 0 Å². The number of piperidine rings is 1. The van der Waals surface area contributed by atoms with Crippen molar-refractivity contribution >= 4 is 0 Å². The van der Waals surface area contributed by atoms with Gasteiger partial charge < -0.3 is 10.5 Å². The zero-order valence-corrected chi connectivity index (χ0v) is 10.5. The van der Waals surface area contributed by atoms with Gasteiger partial charge in [-0.15, -0.1) is 0 Å². The van der Waals surface area contributed by atoms with Gasteiger partial charge in [-0.25, -0.2) is 4.39 Å². The minimum atomic E-state index is -0.270. The molecule has 0 aliphatic carbocycles. The van der Waals surface area contributed by atoms with Crippen LogP contribution in [-0.2, 0) is 11.3 Å². The van der Waals surface area contributed by atoms with Crippen LogP contribution in [-0.4, -0.2) is 42.2 Å². The molecule has 4 nitrogen and oxygen atoms in total. The molecule has 0 bridgehead atoms. The van der Waals surface area contributed by atoms with E-state index >= 15 is 0 Å². The lowest BCUT2D eigenvalue weighted by molar-refractivity contribution is 0.00975. The Morgan fingerprint density at radius 3 is 2.83 bits per heavy atom. The molecule has 1 aliphatic heterocycles. The van der Waals surface area contributed by atoms with Gasteiger partial charge in [-0.05, 0) is 24.5 Å². The second kappa shape index (κ2) is 6.78. The van der Waals surface area contributed by atoms with Gasteiger partial charge in [0.2, 0.25) is 0 Å². The van der Waals surface area contributed by atoms with E-state index in [1.54, 1.807) is 12.3 Å². The maximum absolute atomic E-state index is 13.0. The Morgan fingerprint density at radius 1 is 1.39 bits per heavy atom. The van der Waals surface area contributed by atoms with Gasteiger partial charge in [-0.3, -0.25) is 9.88 Å². The molecule has 0 amide bonds. The van der Waals surface area contributed by atoms with Crippen molar-refractivity contribution in [2.24, 2.45) is 5.73 Å². The fraction of sp³-hybridized carbons (Fsp3) is 0.615. The summed E-state index contributed by atoms with van der Waals surface area (Å²) in [7, 11) is 0. The van der Waals surface area contributed by atoms with Crippen LogP contribution in [0.25, 0.3) is 0 Å². The van der Waals surface area contributed by atoms with E-state index in [9.17, 15) is 4.39 Å². The number of aromatic nitrogens is 1. The van der Waals surface area contributed by atoms with Gasteiger partial charge in [0.15, 0.2) is 0 Å². The molecule has 0 saturated carbocycles. The summed E-state index contributed by atoms with van der Waals surface area (Å²) < 4.78 is 18.6. The molecule has 18 heavy (non-hydrogen) atoms. The highest BCUT2D eigenvalue weighted by molar-refractivity contribution is 5.10. The Kier molecular flexibility index (Phi) is 5.04. The lowest BCUT2D eigenvalue weighted by atomic mass is 10.1. The average molecular weight is 253 g/mol. The molecule has 0 atom stereocenters. The van der Waals surface area contributed by atoms with Crippen LogP contribution in [0.1, 0.15) is 18.4 Å². The number of nitrogens with zero attached hydrogens (tertiary/aromatic N) is 2. The van der Waals surface area contributed by atoms with E-state index in [1.165, 1.54) is 6.20 Å². The molecular formula is C13H20FN3O. The summed E-state index contributed by atoms with van der Waals surface area (Å²) in [6.45, 7) is 3.93. The summed E-state index contributed by atoms with van der Waals surface area (Å²) in [4.78, 5) is 6.17. The number of halogens is 1. The topological polar surface area (TPSA) is 51.4 Å². The zero-order chi connectivity index (χ0) is 12.8. The standard InChI is InChI=1S/C13H20FN3O/c14-12-7-11(8-16-9-12)10-17-4-1-13(2-5-17)18-6-3-15/h7-9,13H,1-6,10,15H2. The quantitative estimate of drug-likeness (QED) is 0.855. The van der Waals surface area contributed by atoms with Crippen LogP contribution in [0.3, 0.4) is 0 Å². The van der Waals surface area contributed by atoms with Crippen molar-refractivity contribution in [1.29, 1.82) is 0 Å². The number of ether oxygens (including phenoxy) is 1. The van der Waals surface area contributed by atoms with E-state index in [0.717, 1.165) is 38.0 Å². The molecule has 5 heteroatoms. The summed E-state index contributed by atoms with van der Waals surface area (Å²) >= 11 is 0. The van der Waals surface area contributed by atoms with Crippen molar-refractivity contribution in [1.82, 2.24) is 9.88 Å². The van der Waals surface area contributed by atoms with Gasteiger partial charge in [-0.1, -0.05) is 0 Å². The molecule has 1 fully saturated rings. The Labute approximate surface area is 107 Å². The Morgan fingerprint density at radius 2 is 2.17 bits per heavy atom.